The van der Waals surface area contributed by atoms with Gasteiger partial charge in [0.2, 0.25) is 0 Å². The second kappa shape index (κ2) is 7.40. The quantitative estimate of drug-likeness (QED) is 0.682. The van der Waals surface area contributed by atoms with Crippen LogP contribution < -0.4 is 10.2 Å². The van der Waals surface area contributed by atoms with Crippen molar-refractivity contribution < 1.29 is 13.9 Å². The summed E-state index contributed by atoms with van der Waals surface area (Å²) in [4.78, 5) is 11.5. The lowest BCUT2D eigenvalue weighted by Gasteiger charge is -2.04. The van der Waals surface area contributed by atoms with Crippen molar-refractivity contribution in [3.05, 3.63) is 64.9 Å². The highest BCUT2D eigenvalue weighted by atomic mass is 35.5. The largest absolute Gasteiger partial charge is 0.484 e. The summed E-state index contributed by atoms with van der Waals surface area (Å²) >= 11 is 5.82. The van der Waals surface area contributed by atoms with Gasteiger partial charge in [0, 0.05) is 5.02 Å². The van der Waals surface area contributed by atoms with E-state index in [0.29, 0.717) is 10.8 Å². The summed E-state index contributed by atoms with van der Waals surface area (Å²) in [6.07, 6.45) is 1.47. The number of halogens is 2. The molecule has 1 amide bonds. The maximum atomic E-state index is 12.7. The molecule has 2 aromatic rings. The van der Waals surface area contributed by atoms with Crippen molar-refractivity contribution in [1.82, 2.24) is 5.43 Å². The van der Waals surface area contributed by atoms with Crippen LogP contribution in [0.1, 0.15) is 5.56 Å². The van der Waals surface area contributed by atoms with Gasteiger partial charge >= 0.3 is 0 Å². The first-order valence-corrected chi connectivity index (χ1v) is 6.47. The van der Waals surface area contributed by atoms with Crippen molar-refractivity contribution in [3.8, 4) is 5.75 Å². The van der Waals surface area contributed by atoms with Crippen LogP contribution in [0.2, 0.25) is 5.02 Å². The second-order valence-corrected chi connectivity index (χ2v) is 4.53. The minimum absolute atomic E-state index is 0.210. The first-order chi connectivity index (χ1) is 10.1. The third kappa shape index (κ3) is 5.24. The van der Waals surface area contributed by atoms with E-state index < -0.39 is 5.91 Å². The molecule has 0 saturated heterocycles. The standard InChI is InChI=1S/C15H12ClFN2O2/c16-12-3-1-2-11(8-12)9-18-19-15(20)10-21-14-6-4-13(17)5-7-14/h1-9H,10H2,(H,19,20). The maximum absolute atomic E-state index is 12.7. The molecule has 0 fully saturated rings. The Bertz CT molecular complexity index is 644. The fourth-order valence-electron chi connectivity index (χ4n) is 1.48. The molecule has 6 heteroatoms. The summed E-state index contributed by atoms with van der Waals surface area (Å²) in [5.41, 5.74) is 3.09. The zero-order chi connectivity index (χ0) is 15.1. The number of rotatable bonds is 5. The van der Waals surface area contributed by atoms with Crippen molar-refractivity contribution >= 4 is 23.7 Å². The molecule has 0 spiro atoms. The van der Waals surface area contributed by atoms with Gasteiger partial charge in [-0.15, -0.1) is 0 Å². The number of hydrogen-bond acceptors (Lipinski definition) is 3. The highest BCUT2D eigenvalue weighted by Crippen LogP contribution is 2.10. The number of carbonyl (C=O) groups excluding carboxylic acids is 1. The van der Waals surface area contributed by atoms with Crippen molar-refractivity contribution in [1.29, 1.82) is 0 Å². The number of nitrogens with one attached hydrogen (secondary N) is 1. The van der Waals surface area contributed by atoms with Gasteiger partial charge in [-0.2, -0.15) is 5.10 Å². The predicted octanol–water partition coefficient (Wildman–Crippen LogP) is 3.01. The summed E-state index contributed by atoms with van der Waals surface area (Å²) in [5, 5.41) is 4.37. The van der Waals surface area contributed by atoms with Crippen molar-refractivity contribution in [3.63, 3.8) is 0 Å². The fourth-order valence-corrected chi connectivity index (χ4v) is 1.68. The zero-order valence-electron chi connectivity index (χ0n) is 10.9. The third-order valence-electron chi connectivity index (χ3n) is 2.44. The molecule has 0 radical (unpaired) electrons. The smallest absolute Gasteiger partial charge is 0.277 e. The molecule has 0 saturated carbocycles. The van der Waals surface area contributed by atoms with Crippen molar-refractivity contribution in [2.24, 2.45) is 5.10 Å². The van der Waals surface area contributed by atoms with Crippen LogP contribution >= 0.6 is 11.6 Å². The van der Waals surface area contributed by atoms with Gasteiger partial charge in [0.25, 0.3) is 5.91 Å². The second-order valence-electron chi connectivity index (χ2n) is 4.09. The van der Waals surface area contributed by atoms with E-state index in [1.54, 1.807) is 24.3 Å². The Hall–Kier alpha value is -2.40. The molecular formula is C15H12ClFN2O2. The molecule has 1 N–H and O–H groups in total. The Morgan fingerprint density at radius 2 is 2.05 bits per heavy atom. The number of hydrazone groups is 1. The fraction of sp³-hybridized carbons (Fsp3) is 0.0667. The van der Waals surface area contributed by atoms with E-state index in [1.165, 1.54) is 30.5 Å². The normalized spacial score (nSPS) is 10.6. The van der Waals surface area contributed by atoms with Gasteiger partial charge in [-0.3, -0.25) is 4.79 Å². The van der Waals surface area contributed by atoms with Crippen LogP contribution in [0.5, 0.6) is 5.75 Å². The van der Waals surface area contributed by atoms with Gasteiger partial charge < -0.3 is 4.74 Å². The van der Waals surface area contributed by atoms with Crippen LogP contribution in [-0.4, -0.2) is 18.7 Å². The van der Waals surface area contributed by atoms with Gasteiger partial charge in [0.05, 0.1) is 6.21 Å². The number of hydrogen-bond donors (Lipinski definition) is 1. The topological polar surface area (TPSA) is 50.7 Å². The van der Waals surface area contributed by atoms with E-state index in [4.69, 9.17) is 16.3 Å². The maximum Gasteiger partial charge on any atom is 0.277 e. The number of amides is 1. The Morgan fingerprint density at radius 1 is 1.29 bits per heavy atom. The lowest BCUT2D eigenvalue weighted by molar-refractivity contribution is -0.123. The molecular weight excluding hydrogens is 295 g/mol. The Morgan fingerprint density at radius 3 is 2.76 bits per heavy atom. The molecule has 2 aromatic carbocycles. The Labute approximate surface area is 126 Å². The van der Waals surface area contributed by atoms with E-state index >= 15 is 0 Å². The van der Waals surface area contributed by atoms with Gasteiger partial charge in [0.1, 0.15) is 11.6 Å². The highest BCUT2D eigenvalue weighted by molar-refractivity contribution is 6.30. The molecule has 108 valence electrons. The molecule has 0 aromatic heterocycles. The number of ether oxygens (including phenoxy) is 1. The first kappa shape index (κ1) is 15.0. The summed E-state index contributed by atoms with van der Waals surface area (Å²) < 4.78 is 17.8. The summed E-state index contributed by atoms with van der Waals surface area (Å²) in [5.74, 6) is -0.374. The Balaban J connectivity index is 1.78. The molecule has 21 heavy (non-hydrogen) atoms. The molecule has 0 aliphatic carbocycles. The third-order valence-corrected chi connectivity index (χ3v) is 2.67. The SMILES string of the molecule is O=C(COc1ccc(F)cc1)NN=Cc1cccc(Cl)c1. The van der Waals surface area contributed by atoms with Crippen LogP contribution in [0.15, 0.2) is 53.6 Å². The molecule has 0 bridgehead atoms. The molecule has 2 rings (SSSR count). The molecule has 0 atom stereocenters. The van der Waals surface area contributed by atoms with E-state index in [1.807, 2.05) is 0 Å². The zero-order valence-corrected chi connectivity index (χ0v) is 11.7. The van der Waals surface area contributed by atoms with E-state index in [9.17, 15) is 9.18 Å². The van der Waals surface area contributed by atoms with Crippen LogP contribution in [0.4, 0.5) is 4.39 Å². The summed E-state index contributed by atoms with van der Waals surface area (Å²) in [7, 11) is 0. The number of nitrogens with zero attached hydrogens (tertiary/aromatic N) is 1. The molecule has 4 nitrogen and oxygen atoms in total. The monoisotopic (exact) mass is 306 g/mol. The molecule has 0 aliphatic heterocycles. The minimum Gasteiger partial charge on any atom is -0.484 e. The van der Waals surface area contributed by atoms with E-state index in [0.717, 1.165) is 5.56 Å². The van der Waals surface area contributed by atoms with Crippen molar-refractivity contribution in [2.45, 2.75) is 0 Å². The Kier molecular flexibility index (Phi) is 5.29. The average Bonchev–Trinajstić information content (AvgIpc) is 2.47. The highest BCUT2D eigenvalue weighted by Gasteiger charge is 2.01. The number of benzene rings is 2. The summed E-state index contributed by atoms with van der Waals surface area (Å²) in [6.45, 7) is -0.210. The summed E-state index contributed by atoms with van der Waals surface area (Å²) in [6, 6.07) is 12.4. The van der Waals surface area contributed by atoms with Crippen LogP contribution in [0.3, 0.4) is 0 Å². The first-order valence-electron chi connectivity index (χ1n) is 6.09. The van der Waals surface area contributed by atoms with Gasteiger partial charge in [0.15, 0.2) is 6.61 Å². The van der Waals surface area contributed by atoms with Crippen LogP contribution in [-0.2, 0) is 4.79 Å². The molecule has 0 heterocycles. The average molecular weight is 307 g/mol. The van der Waals surface area contributed by atoms with Crippen molar-refractivity contribution in [2.75, 3.05) is 6.61 Å². The molecule has 0 aliphatic rings. The van der Waals surface area contributed by atoms with E-state index in [2.05, 4.69) is 10.5 Å². The lowest BCUT2D eigenvalue weighted by Crippen LogP contribution is -2.24. The van der Waals surface area contributed by atoms with E-state index in [-0.39, 0.29) is 12.4 Å². The molecule has 0 unspecified atom stereocenters. The van der Waals surface area contributed by atoms with Crippen LogP contribution in [0, 0.1) is 5.82 Å². The lowest BCUT2D eigenvalue weighted by atomic mass is 10.2. The van der Waals surface area contributed by atoms with Gasteiger partial charge in [-0.25, -0.2) is 9.82 Å². The minimum atomic E-state index is -0.419. The predicted molar refractivity (Wildman–Crippen MR) is 79.1 cm³/mol. The van der Waals surface area contributed by atoms with Gasteiger partial charge in [-0.1, -0.05) is 23.7 Å². The van der Waals surface area contributed by atoms with Crippen LogP contribution in [0.25, 0.3) is 0 Å². The van der Waals surface area contributed by atoms with Gasteiger partial charge in [-0.05, 0) is 42.0 Å². The number of carbonyl (C=O) groups is 1.